The molecule has 140 valence electrons. The first-order chi connectivity index (χ1) is 12.5. The molecule has 4 nitrogen and oxygen atoms in total. The zero-order valence-corrected chi connectivity index (χ0v) is 16.5. The monoisotopic (exact) mass is 373 g/mol. The van der Waals surface area contributed by atoms with Gasteiger partial charge >= 0.3 is 0 Å². The van der Waals surface area contributed by atoms with Gasteiger partial charge < -0.3 is 10.2 Å². The van der Waals surface area contributed by atoms with Crippen LogP contribution in [-0.4, -0.2) is 42.0 Å². The van der Waals surface area contributed by atoms with Gasteiger partial charge in [-0.1, -0.05) is 18.5 Å². The lowest BCUT2D eigenvalue weighted by Crippen LogP contribution is -2.35. The Hall–Kier alpha value is -1.65. The van der Waals surface area contributed by atoms with Gasteiger partial charge in [0.2, 0.25) is 0 Å². The van der Waals surface area contributed by atoms with Crippen LogP contribution < -0.4 is 5.32 Å². The fourth-order valence-corrected chi connectivity index (χ4v) is 3.90. The van der Waals surface area contributed by atoms with Crippen molar-refractivity contribution in [1.82, 2.24) is 15.2 Å². The highest BCUT2D eigenvalue weighted by Gasteiger charge is 2.15. The van der Waals surface area contributed by atoms with Crippen molar-refractivity contribution in [3.8, 4) is 0 Å². The zero-order chi connectivity index (χ0) is 18.5. The van der Waals surface area contributed by atoms with E-state index in [9.17, 15) is 4.79 Å². The number of rotatable bonds is 6. The van der Waals surface area contributed by atoms with Crippen LogP contribution in [0.4, 0.5) is 0 Å². The largest absolute Gasteiger partial charge is 0.352 e. The predicted molar refractivity (Wildman–Crippen MR) is 108 cm³/mol. The molecule has 1 aromatic carbocycles. The maximum absolute atomic E-state index is 12.5. The minimum atomic E-state index is -0.0523. The molecule has 1 atom stereocenters. The molecule has 26 heavy (non-hydrogen) atoms. The van der Waals surface area contributed by atoms with Crippen LogP contribution in [-0.2, 0) is 0 Å². The van der Waals surface area contributed by atoms with E-state index in [1.54, 1.807) is 0 Å². The number of hydrogen-bond acceptors (Lipinski definition) is 3. The summed E-state index contributed by atoms with van der Waals surface area (Å²) in [7, 11) is 0. The molecule has 2 aromatic rings. The number of aryl methyl sites for hydroxylation is 1. The van der Waals surface area contributed by atoms with Crippen LogP contribution in [0.25, 0.3) is 10.9 Å². The Labute approximate surface area is 160 Å². The van der Waals surface area contributed by atoms with Gasteiger partial charge in [-0.15, -0.1) is 0 Å². The quantitative estimate of drug-likeness (QED) is 0.761. The van der Waals surface area contributed by atoms with Crippen molar-refractivity contribution in [2.45, 2.75) is 39.5 Å². The third kappa shape index (κ3) is 4.95. The summed E-state index contributed by atoms with van der Waals surface area (Å²) in [5, 5.41) is 4.59. The smallest absolute Gasteiger partial charge is 0.253 e. The highest BCUT2D eigenvalue weighted by Crippen LogP contribution is 2.21. The van der Waals surface area contributed by atoms with Crippen molar-refractivity contribution < 1.29 is 4.79 Å². The number of unbranched alkanes of at least 4 members (excludes halogenated alkanes) is 1. The van der Waals surface area contributed by atoms with Crippen molar-refractivity contribution >= 4 is 28.4 Å². The van der Waals surface area contributed by atoms with Crippen LogP contribution in [0.3, 0.4) is 0 Å². The summed E-state index contributed by atoms with van der Waals surface area (Å²) in [6.07, 6.45) is 4.80. The molecule has 1 unspecified atom stereocenters. The number of hydrogen-bond donors (Lipinski definition) is 1. The fraction of sp³-hybridized carbons (Fsp3) is 0.524. The van der Waals surface area contributed by atoms with Crippen LogP contribution in [0.5, 0.6) is 0 Å². The molecule has 2 heterocycles. The van der Waals surface area contributed by atoms with Crippen molar-refractivity contribution in [2.75, 3.05) is 26.2 Å². The van der Waals surface area contributed by atoms with E-state index in [0.29, 0.717) is 17.1 Å². The van der Waals surface area contributed by atoms with Gasteiger partial charge in [0.25, 0.3) is 5.91 Å². The SMILES string of the molecule is Cc1nc2ccc(Cl)cc2cc1C(=O)NCCCCN1CCCC(C)C1. The molecule has 0 radical (unpaired) electrons. The molecule has 1 N–H and O–H groups in total. The molecule has 1 amide bonds. The summed E-state index contributed by atoms with van der Waals surface area (Å²) in [6.45, 7) is 8.49. The average Bonchev–Trinajstić information content (AvgIpc) is 2.61. The normalized spacial score (nSPS) is 18.2. The first kappa shape index (κ1) is 19.1. The molecule has 5 heteroatoms. The number of halogens is 1. The van der Waals surface area contributed by atoms with E-state index in [4.69, 9.17) is 11.6 Å². The number of nitrogens with zero attached hydrogens (tertiary/aromatic N) is 2. The molecule has 1 aliphatic heterocycles. The van der Waals surface area contributed by atoms with Crippen LogP contribution >= 0.6 is 11.6 Å². The first-order valence-electron chi connectivity index (χ1n) is 9.60. The summed E-state index contributed by atoms with van der Waals surface area (Å²) in [5.41, 5.74) is 2.24. The maximum atomic E-state index is 12.5. The van der Waals surface area contributed by atoms with E-state index >= 15 is 0 Å². The van der Waals surface area contributed by atoms with Crippen LogP contribution in [0, 0.1) is 12.8 Å². The van der Waals surface area contributed by atoms with E-state index in [-0.39, 0.29) is 5.91 Å². The van der Waals surface area contributed by atoms with Crippen molar-refractivity contribution in [1.29, 1.82) is 0 Å². The van der Waals surface area contributed by atoms with Gasteiger partial charge in [0.05, 0.1) is 16.8 Å². The van der Waals surface area contributed by atoms with E-state index in [1.807, 2.05) is 31.2 Å². The summed E-state index contributed by atoms with van der Waals surface area (Å²) < 4.78 is 0. The molecular weight excluding hydrogens is 346 g/mol. The zero-order valence-electron chi connectivity index (χ0n) is 15.7. The highest BCUT2D eigenvalue weighted by molar-refractivity contribution is 6.31. The maximum Gasteiger partial charge on any atom is 0.253 e. The van der Waals surface area contributed by atoms with E-state index in [0.717, 1.165) is 41.9 Å². The molecule has 0 aliphatic carbocycles. The number of amides is 1. The number of nitrogens with one attached hydrogen (secondary N) is 1. The van der Waals surface area contributed by atoms with Gasteiger partial charge in [-0.05, 0) is 75.9 Å². The molecule has 0 bridgehead atoms. The molecule has 1 fully saturated rings. The Morgan fingerprint density at radius 1 is 1.35 bits per heavy atom. The summed E-state index contributed by atoms with van der Waals surface area (Å²) in [5.74, 6) is 0.767. The second kappa shape index (κ2) is 8.83. The van der Waals surface area contributed by atoms with Crippen LogP contribution in [0.1, 0.15) is 48.7 Å². The molecule has 1 aliphatic rings. The summed E-state index contributed by atoms with van der Waals surface area (Å²) >= 11 is 6.05. The molecule has 3 rings (SSSR count). The number of fused-ring (bicyclic) bond motifs is 1. The number of likely N-dealkylation sites (tertiary alicyclic amines) is 1. The highest BCUT2D eigenvalue weighted by atomic mass is 35.5. The van der Waals surface area contributed by atoms with Gasteiger partial charge in [0, 0.05) is 23.5 Å². The molecule has 0 spiro atoms. The Morgan fingerprint density at radius 3 is 3.00 bits per heavy atom. The van der Waals surface area contributed by atoms with Crippen molar-refractivity contribution in [3.63, 3.8) is 0 Å². The van der Waals surface area contributed by atoms with Crippen molar-refractivity contribution in [2.24, 2.45) is 5.92 Å². The van der Waals surface area contributed by atoms with Gasteiger partial charge in [0.15, 0.2) is 0 Å². The molecular formula is C21H28ClN3O. The van der Waals surface area contributed by atoms with Crippen LogP contribution in [0.15, 0.2) is 24.3 Å². The van der Waals surface area contributed by atoms with E-state index < -0.39 is 0 Å². The second-order valence-corrected chi connectivity index (χ2v) is 7.91. The number of carbonyl (C=O) groups is 1. The third-order valence-corrected chi connectivity index (χ3v) is 5.37. The first-order valence-corrected chi connectivity index (χ1v) is 9.98. The third-order valence-electron chi connectivity index (χ3n) is 5.14. The standard InChI is InChI=1S/C21H28ClN3O/c1-15-6-5-11-25(14-15)10-4-3-9-23-21(26)19-13-17-12-18(22)7-8-20(17)24-16(19)2/h7-8,12-13,15H,3-6,9-11,14H2,1-2H3,(H,23,26). The Morgan fingerprint density at radius 2 is 2.19 bits per heavy atom. The van der Waals surface area contributed by atoms with E-state index in [1.165, 1.54) is 25.9 Å². The fourth-order valence-electron chi connectivity index (χ4n) is 3.72. The summed E-state index contributed by atoms with van der Waals surface area (Å²) in [6, 6.07) is 7.43. The molecule has 1 saturated heterocycles. The van der Waals surface area contributed by atoms with Gasteiger partial charge in [0.1, 0.15) is 0 Å². The minimum absolute atomic E-state index is 0.0523. The number of aromatic nitrogens is 1. The van der Waals surface area contributed by atoms with Gasteiger partial charge in [-0.3, -0.25) is 9.78 Å². The lowest BCUT2D eigenvalue weighted by Gasteiger charge is -2.30. The Kier molecular flexibility index (Phi) is 6.49. The summed E-state index contributed by atoms with van der Waals surface area (Å²) in [4.78, 5) is 19.6. The second-order valence-electron chi connectivity index (χ2n) is 7.47. The number of benzene rings is 1. The molecule has 0 saturated carbocycles. The number of pyridine rings is 1. The molecule has 1 aromatic heterocycles. The minimum Gasteiger partial charge on any atom is -0.352 e. The predicted octanol–water partition coefficient (Wildman–Crippen LogP) is 4.44. The van der Waals surface area contributed by atoms with Gasteiger partial charge in [-0.25, -0.2) is 0 Å². The number of piperidine rings is 1. The topological polar surface area (TPSA) is 45.2 Å². The number of carbonyl (C=O) groups excluding carboxylic acids is 1. The van der Waals surface area contributed by atoms with Crippen molar-refractivity contribution in [3.05, 3.63) is 40.5 Å². The van der Waals surface area contributed by atoms with Crippen LogP contribution in [0.2, 0.25) is 5.02 Å². The average molecular weight is 374 g/mol. The van der Waals surface area contributed by atoms with E-state index in [2.05, 4.69) is 22.1 Å². The lowest BCUT2D eigenvalue weighted by atomic mass is 10.0. The van der Waals surface area contributed by atoms with Gasteiger partial charge in [-0.2, -0.15) is 0 Å². The Balaban J connectivity index is 1.49. The Bertz CT molecular complexity index is 777. The lowest BCUT2D eigenvalue weighted by molar-refractivity contribution is 0.0951.